The highest BCUT2D eigenvalue weighted by Gasteiger charge is 2.41. The van der Waals surface area contributed by atoms with Gasteiger partial charge in [0.15, 0.2) is 11.9 Å². The van der Waals surface area contributed by atoms with E-state index in [1.54, 1.807) is 32.9 Å². The first-order valence-corrected chi connectivity index (χ1v) is 44.0. The summed E-state index contributed by atoms with van der Waals surface area (Å²) >= 11 is 0. The molecule has 17 atom stereocenters. The highest BCUT2D eigenvalue weighted by Crippen LogP contribution is 2.18. The number of nitrogens with two attached hydrogens (primary N) is 6. The molecule has 2 aromatic carbocycles. The van der Waals surface area contributed by atoms with E-state index in [9.17, 15) is 136 Å². The normalized spacial score (nSPS) is 14.8. The lowest BCUT2D eigenvalue weighted by molar-refractivity contribution is -0.145. The fourth-order valence-corrected chi connectivity index (χ4v) is 13.1. The number of phenols is 2. The van der Waals surface area contributed by atoms with Gasteiger partial charge in [0.25, 0.3) is 0 Å². The van der Waals surface area contributed by atoms with Crippen molar-refractivity contribution in [2.24, 2.45) is 52.2 Å². The van der Waals surface area contributed by atoms with E-state index in [4.69, 9.17) is 45.2 Å². The number of carboxylic acids is 4. The van der Waals surface area contributed by atoms with Crippen LogP contribution in [0.5, 0.6) is 11.5 Å². The summed E-state index contributed by atoms with van der Waals surface area (Å²) in [4.78, 5) is 285. The van der Waals surface area contributed by atoms with Crippen LogP contribution in [-0.4, -0.2) is 295 Å². The van der Waals surface area contributed by atoms with Gasteiger partial charge < -0.3 is 161 Å². The van der Waals surface area contributed by atoms with Crippen LogP contribution in [-0.2, 0) is 114 Å². The number of carbonyl (C=O) groups excluding carboxylic acids is 17. The second-order valence-electron chi connectivity index (χ2n) is 33.3. The van der Waals surface area contributed by atoms with Gasteiger partial charge >= 0.3 is 23.9 Å². The van der Waals surface area contributed by atoms with Crippen molar-refractivity contribution in [3.63, 3.8) is 0 Å². The molecule has 0 radical (unpaired) electrons. The van der Waals surface area contributed by atoms with Crippen LogP contribution < -0.4 is 125 Å². The molecular weight excluding hydrogens is 1810 g/mol. The van der Waals surface area contributed by atoms with Crippen molar-refractivity contribution in [2.45, 2.75) is 268 Å². The minimum Gasteiger partial charge on any atom is -0.508 e. The van der Waals surface area contributed by atoms with Gasteiger partial charge in [-0.05, 0) is 144 Å². The van der Waals surface area contributed by atoms with Gasteiger partial charge in [0.2, 0.25) is 100 Å². The third kappa shape index (κ3) is 46.2. The molecular formula is C84H133N25O28. The molecule has 137 heavy (non-hydrogen) atoms. The molecule has 0 fully saturated rings. The molecule has 0 aliphatic carbocycles. The topological polar surface area (TPSA) is 908 Å². The molecule has 0 unspecified atom stereocenters. The Hall–Kier alpha value is -14.7. The summed E-state index contributed by atoms with van der Waals surface area (Å²) in [6, 6.07) is -15.0. The van der Waals surface area contributed by atoms with E-state index in [1.807, 2.05) is 10.6 Å². The van der Waals surface area contributed by atoms with E-state index >= 15 is 0 Å². The molecule has 38 N–H and O–H groups in total. The van der Waals surface area contributed by atoms with Gasteiger partial charge in [0.05, 0.1) is 38.0 Å². The lowest BCUT2D eigenvalue weighted by atomic mass is 9.98. The Labute approximate surface area is 787 Å². The third-order valence-electron chi connectivity index (χ3n) is 20.8. The fraction of sp³-hybridized carbons (Fsp3) is 0.583. The molecule has 2 rings (SSSR count). The van der Waals surface area contributed by atoms with Crippen molar-refractivity contribution < 1.29 is 136 Å². The summed E-state index contributed by atoms with van der Waals surface area (Å²) in [5, 5.41) is 125. The van der Waals surface area contributed by atoms with Crippen molar-refractivity contribution >= 4 is 136 Å². The zero-order valence-electron chi connectivity index (χ0n) is 77.3. The smallest absolute Gasteiger partial charge is 0.326 e. The molecule has 0 heterocycles. The minimum atomic E-state index is -2.29. The number of guanidine groups is 2. The zero-order chi connectivity index (χ0) is 104. The number of unbranched alkanes of at least 4 members (excludes halogenated alkanes) is 1. The van der Waals surface area contributed by atoms with Crippen molar-refractivity contribution in [1.29, 1.82) is 10.8 Å². The van der Waals surface area contributed by atoms with Gasteiger partial charge in [-0.25, -0.2) is 4.79 Å². The molecule has 0 bridgehead atoms. The van der Waals surface area contributed by atoms with Crippen LogP contribution in [0.4, 0.5) is 0 Å². The average Bonchev–Trinajstić information content (AvgIpc) is 0.838. The number of aliphatic hydroxyl groups excluding tert-OH is 1. The number of hydrogen-bond donors (Lipinski definition) is 32. The number of aliphatic carboxylic acids is 4. The maximum absolute atomic E-state index is 14.7. The zero-order valence-corrected chi connectivity index (χ0v) is 77.3. The second kappa shape index (κ2) is 60.6. The van der Waals surface area contributed by atoms with Crippen LogP contribution in [0, 0.1) is 28.6 Å². The number of hydrogen-bond acceptors (Lipinski definition) is 28. The number of amides is 17. The largest absolute Gasteiger partial charge is 0.508 e. The highest BCUT2D eigenvalue weighted by atomic mass is 16.4. The van der Waals surface area contributed by atoms with E-state index < -0.39 is 315 Å². The Balaban J connectivity index is 2.53. The molecule has 2 aromatic rings. The van der Waals surface area contributed by atoms with Crippen molar-refractivity contribution in [1.82, 2.24) is 90.4 Å². The number of carboxylic acid groups (broad SMARTS) is 4. The molecule has 0 aromatic heterocycles. The van der Waals surface area contributed by atoms with Crippen molar-refractivity contribution in [2.75, 3.05) is 26.2 Å². The molecule has 762 valence electrons. The van der Waals surface area contributed by atoms with Gasteiger partial charge in [-0.2, -0.15) is 0 Å². The van der Waals surface area contributed by atoms with Crippen LogP contribution in [0.2, 0.25) is 0 Å². The Morgan fingerprint density at radius 1 is 0.365 bits per heavy atom. The number of nitrogens with one attached hydrogen (secondary N) is 19. The Morgan fingerprint density at radius 2 is 0.708 bits per heavy atom. The summed E-state index contributed by atoms with van der Waals surface area (Å²) in [7, 11) is 0. The minimum absolute atomic E-state index is 0.00239. The summed E-state index contributed by atoms with van der Waals surface area (Å²) in [6.07, 6.45) is -9.19. The lowest BCUT2D eigenvalue weighted by Crippen LogP contribution is -2.62. The molecule has 0 saturated carbocycles. The molecule has 0 spiro atoms. The number of aromatic hydroxyl groups is 2. The number of aliphatic hydroxyl groups is 1. The highest BCUT2D eigenvalue weighted by molar-refractivity contribution is 6.02. The first kappa shape index (κ1) is 118. The Bertz CT molecular complexity index is 4520. The molecule has 0 saturated heterocycles. The van der Waals surface area contributed by atoms with Gasteiger partial charge in [-0.15, -0.1) is 0 Å². The third-order valence-corrected chi connectivity index (χ3v) is 20.8. The summed E-state index contributed by atoms with van der Waals surface area (Å²) in [5.74, 6) is -29.9. The van der Waals surface area contributed by atoms with Gasteiger partial charge in [-0.3, -0.25) is 107 Å². The Kier molecular flexibility index (Phi) is 52.3. The van der Waals surface area contributed by atoms with E-state index in [0.29, 0.717) is 17.5 Å². The standard InChI is InChI=1S/C84H133N25O28/c1-9-41(6)66(82(136)137)108-75(129)53(26-28-60(88)114)101-77(131)57(36-63(118)119)105-78(132)58(37-64(120)121)106-81(135)67(43(8)110)109-79(133)54(32-39(2)3)104-73(127)52(25-27-59(87)113)100-72(126)50(15-12-30-93-83(89)90)98-71(125)51(16-13-31-94-84(91)92)99-76(130)56(35-62(116)117)102-68(122)42(7)96-80(134)65(40(4)5)107-74(128)49(14-10-11-29-85)97-61(115)38-95-70(124)55(34-45-19-23-47(112)24-20-45)103-69(123)48(86)33-44-17-21-46(111)22-18-44/h17-24,39-43,48-58,65-67,110-112H,9-16,25-38,85-86H2,1-8H3,(H2,87,113)(H2,88,114)(H,95,124)(H,96,134)(H,97,115)(H,98,125)(H,99,130)(H,100,126)(H,101,131)(H,102,122)(H,103,123)(H,104,127)(H,105,132)(H,106,135)(H,107,128)(H,108,129)(H,109,133)(H,116,117)(H,118,119)(H,120,121)(H,136,137)(H4,89,90,93)(H4,91,92,94)/t41-,42-,43+,48-,49-,50-,51-,52-,53-,54-,55-,56-,57-,58-,65-,66-,67-/m0/s1. The number of benzene rings is 2. The van der Waals surface area contributed by atoms with Crippen LogP contribution >= 0.6 is 0 Å². The summed E-state index contributed by atoms with van der Waals surface area (Å²) in [6.45, 7) is 10.3. The predicted molar refractivity (Wildman–Crippen MR) is 485 cm³/mol. The van der Waals surface area contributed by atoms with Crippen LogP contribution in [0.1, 0.15) is 169 Å². The predicted octanol–water partition coefficient (Wildman–Crippen LogP) is -9.04. The SMILES string of the molecule is CC[C@H](C)[C@H](NC(=O)[C@H](CCC(N)=O)NC(=O)[C@H](CC(=O)O)NC(=O)[C@H](CC(=O)O)NC(=O)[C@@H](NC(=O)[C@H](CC(C)C)NC(=O)[C@H](CCC(N)=O)NC(=O)[C@H](CCCNC(=N)N)NC(=O)[C@H](CCCNC(=N)N)NC(=O)[C@H](CC(=O)O)NC(=O)[C@H](C)NC(=O)[C@@H](NC(=O)[C@H](CCCCN)NC(=O)CNC(=O)[C@H](Cc1ccc(O)cc1)NC(=O)[C@@H](N)Cc1ccc(O)cc1)C(C)C)[C@@H](C)O)C(=O)O. The van der Waals surface area contributed by atoms with Gasteiger partial charge in [0, 0.05) is 32.4 Å². The van der Waals surface area contributed by atoms with E-state index in [-0.39, 0.29) is 82.5 Å². The van der Waals surface area contributed by atoms with Crippen LogP contribution in [0.15, 0.2) is 48.5 Å². The first-order chi connectivity index (χ1) is 64.2. The summed E-state index contributed by atoms with van der Waals surface area (Å²) in [5.41, 5.74) is 34.8. The average molecular weight is 1940 g/mol. The van der Waals surface area contributed by atoms with Crippen molar-refractivity contribution in [3.8, 4) is 11.5 Å². The molecule has 17 amide bonds. The lowest BCUT2D eigenvalue weighted by Gasteiger charge is -2.29. The number of carbonyl (C=O) groups is 21. The molecule has 53 heteroatoms. The fourth-order valence-electron chi connectivity index (χ4n) is 13.1. The van der Waals surface area contributed by atoms with Gasteiger partial charge in [-0.1, -0.05) is 72.2 Å². The maximum Gasteiger partial charge on any atom is 0.326 e. The molecule has 53 nitrogen and oxygen atoms in total. The van der Waals surface area contributed by atoms with E-state index in [2.05, 4.69) is 79.8 Å². The Morgan fingerprint density at radius 3 is 1.09 bits per heavy atom. The quantitative estimate of drug-likeness (QED) is 0.0166. The van der Waals surface area contributed by atoms with E-state index in [0.717, 1.165) is 13.8 Å². The molecule has 0 aliphatic rings. The van der Waals surface area contributed by atoms with Crippen LogP contribution in [0.25, 0.3) is 0 Å². The second-order valence-corrected chi connectivity index (χ2v) is 33.3. The number of primary amides is 2. The number of phenolic OH excluding ortho intramolecular Hbond substituents is 2. The van der Waals surface area contributed by atoms with Crippen molar-refractivity contribution in [3.05, 3.63) is 59.7 Å². The van der Waals surface area contributed by atoms with E-state index in [1.165, 1.54) is 57.2 Å². The number of rotatable bonds is 65. The van der Waals surface area contributed by atoms with Gasteiger partial charge in [0.1, 0.15) is 96.1 Å². The monoisotopic (exact) mass is 1940 g/mol. The summed E-state index contributed by atoms with van der Waals surface area (Å²) < 4.78 is 0. The first-order valence-electron chi connectivity index (χ1n) is 44.0. The maximum atomic E-state index is 14.7. The van der Waals surface area contributed by atoms with Crippen LogP contribution in [0.3, 0.4) is 0 Å². The molecule has 0 aliphatic heterocycles.